The lowest BCUT2D eigenvalue weighted by Crippen LogP contribution is -2.26. The first-order valence-electron chi connectivity index (χ1n) is 5.94. The van der Waals surface area contributed by atoms with Gasteiger partial charge in [0.1, 0.15) is 0 Å². The highest BCUT2D eigenvalue weighted by atomic mass is 79.9. The molecule has 20 heavy (non-hydrogen) atoms. The molecule has 0 bridgehead atoms. The number of benzene rings is 1. The van der Waals surface area contributed by atoms with Gasteiger partial charge in [0.25, 0.3) is 5.91 Å². The van der Waals surface area contributed by atoms with Gasteiger partial charge >= 0.3 is 0 Å². The van der Waals surface area contributed by atoms with Gasteiger partial charge in [0.05, 0.1) is 6.21 Å². The minimum Gasteiger partial charge on any atom is -0.383 e. The van der Waals surface area contributed by atoms with Crippen LogP contribution in [0.15, 0.2) is 51.4 Å². The number of oxime groups is 1. The number of carbonyl (C=O) groups is 1. The number of hydrogen-bond acceptors (Lipinski definition) is 4. The number of carbonyl (C=O) groups excluding carboxylic acids is 1. The van der Waals surface area contributed by atoms with Gasteiger partial charge in [-0.1, -0.05) is 27.2 Å². The average Bonchev–Trinajstić information content (AvgIpc) is 2.94. The van der Waals surface area contributed by atoms with Gasteiger partial charge in [-0.05, 0) is 42.6 Å². The van der Waals surface area contributed by atoms with Gasteiger partial charge in [0, 0.05) is 15.0 Å². The number of anilines is 1. The van der Waals surface area contributed by atoms with Crippen molar-refractivity contribution < 1.29 is 9.63 Å². The fraction of sp³-hybridized carbons (Fsp3) is 0.143. The van der Waals surface area contributed by atoms with Crippen LogP contribution >= 0.6 is 27.3 Å². The molecule has 1 heterocycles. The van der Waals surface area contributed by atoms with Crippen molar-refractivity contribution in [3.05, 3.63) is 51.1 Å². The molecule has 0 aliphatic rings. The number of nitrogens with one attached hydrogen (secondary N) is 1. The zero-order valence-electron chi connectivity index (χ0n) is 10.7. The van der Waals surface area contributed by atoms with Gasteiger partial charge in [0.2, 0.25) is 6.10 Å². The summed E-state index contributed by atoms with van der Waals surface area (Å²) in [5.41, 5.74) is 0.718. The van der Waals surface area contributed by atoms with Gasteiger partial charge in [0.15, 0.2) is 0 Å². The molecule has 0 saturated carbocycles. The Kier molecular flexibility index (Phi) is 5.31. The highest BCUT2D eigenvalue weighted by Gasteiger charge is 2.13. The Hall–Kier alpha value is -1.66. The van der Waals surface area contributed by atoms with E-state index >= 15 is 0 Å². The third kappa shape index (κ3) is 4.47. The van der Waals surface area contributed by atoms with Crippen LogP contribution in [-0.4, -0.2) is 18.2 Å². The predicted octanol–water partition coefficient (Wildman–Crippen LogP) is 3.89. The lowest BCUT2D eigenvalue weighted by atomic mass is 10.3. The molecule has 0 aliphatic carbocycles. The molecule has 0 radical (unpaired) electrons. The first-order valence-corrected chi connectivity index (χ1v) is 7.61. The second-order valence-corrected chi connectivity index (χ2v) is 5.89. The maximum absolute atomic E-state index is 11.9. The summed E-state index contributed by atoms with van der Waals surface area (Å²) in [5, 5.41) is 8.51. The molecule has 0 unspecified atom stereocenters. The summed E-state index contributed by atoms with van der Waals surface area (Å²) in [4.78, 5) is 18.0. The molecule has 1 aromatic carbocycles. The minimum absolute atomic E-state index is 0.240. The van der Waals surface area contributed by atoms with Crippen molar-refractivity contribution >= 4 is 45.1 Å². The van der Waals surface area contributed by atoms with E-state index in [1.165, 1.54) is 0 Å². The molecule has 6 heteroatoms. The Morgan fingerprint density at radius 1 is 1.40 bits per heavy atom. The molecule has 0 saturated heterocycles. The zero-order valence-corrected chi connectivity index (χ0v) is 13.1. The molecule has 4 nitrogen and oxygen atoms in total. The van der Waals surface area contributed by atoms with Crippen molar-refractivity contribution in [1.29, 1.82) is 0 Å². The third-order valence-electron chi connectivity index (χ3n) is 2.42. The molecule has 2 rings (SSSR count). The number of thiophene rings is 1. The van der Waals surface area contributed by atoms with E-state index in [1.807, 2.05) is 41.8 Å². The Balaban J connectivity index is 1.84. The van der Waals surface area contributed by atoms with E-state index in [4.69, 9.17) is 4.84 Å². The Bertz CT molecular complexity index is 582. The van der Waals surface area contributed by atoms with Crippen molar-refractivity contribution in [2.45, 2.75) is 13.0 Å². The van der Waals surface area contributed by atoms with E-state index in [1.54, 1.807) is 24.5 Å². The van der Waals surface area contributed by atoms with E-state index in [9.17, 15) is 4.79 Å². The quantitative estimate of drug-likeness (QED) is 0.655. The second-order valence-electron chi connectivity index (χ2n) is 3.99. The number of amides is 1. The van der Waals surface area contributed by atoms with Crippen LogP contribution in [0.2, 0.25) is 0 Å². The Labute approximate surface area is 129 Å². The van der Waals surface area contributed by atoms with Crippen molar-refractivity contribution in [2.24, 2.45) is 5.16 Å². The first kappa shape index (κ1) is 14.7. The molecule has 0 fully saturated rings. The van der Waals surface area contributed by atoms with Crippen LogP contribution in [0.1, 0.15) is 11.8 Å². The maximum atomic E-state index is 11.9. The lowest BCUT2D eigenvalue weighted by Gasteiger charge is -2.10. The topological polar surface area (TPSA) is 50.7 Å². The smallest absolute Gasteiger partial charge is 0.267 e. The lowest BCUT2D eigenvalue weighted by molar-refractivity contribution is -0.126. The minimum atomic E-state index is -0.658. The van der Waals surface area contributed by atoms with Crippen molar-refractivity contribution in [2.75, 3.05) is 5.32 Å². The molecule has 0 aliphatic heterocycles. The van der Waals surface area contributed by atoms with E-state index < -0.39 is 6.10 Å². The largest absolute Gasteiger partial charge is 0.383 e. The number of hydrogen-bond donors (Lipinski definition) is 1. The molecule has 1 amide bonds. The predicted molar refractivity (Wildman–Crippen MR) is 85.2 cm³/mol. The summed E-state index contributed by atoms with van der Waals surface area (Å²) >= 11 is 4.89. The number of halogens is 1. The monoisotopic (exact) mass is 352 g/mol. The maximum Gasteiger partial charge on any atom is 0.267 e. The van der Waals surface area contributed by atoms with Crippen LogP contribution in [0.25, 0.3) is 0 Å². The van der Waals surface area contributed by atoms with E-state index in [2.05, 4.69) is 26.4 Å². The summed E-state index contributed by atoms with van der Waals surface area (Å²) in [6, 6.07) is 11.2. The third-order valence-corrected chi connectivity index (χ3v) is 3.76. The van der Waals surface area contributed by atoms with Crippen LogP contribution in [0, 0.1) is 0 Å². The number of rotatable bonds is 5. The molecule has 0 spiro atoms. The highest BCUT2D eigenvalue weighted by Crippen LogP contribution is 2.14. The van der Waals surface area contributed by atoms with Crippen molar-refractivity contribution in [1.82, 2.24) is 0 Å². The molecule has 1 N–H and O–H groups in total. The molecule has 1 aromatic heterocycles. The van der Waals surface area contributed by atoms with Gasteiger partial charge in [-0.15, -0.1) is 11.3 Å². The summed E-state index contributed by atoms with van der Waals surface area (Å²) in [6.45, 7) is 1.65. The van der Waals surface area contributed by atoms with E-state index in [0.29, 0.717) is 0 Å². The first-order chi connectivity index (χ1) is 9.65. The van der Waals surface area contributed by atoms with E-state index in [-0.39, 0.29) is 5.91 Å². The average molecular weight is 353 g/mol. The van der Waals surface area contributed by atoms with Gasteiger partial charge in [-0.3, -0.25) is 4.79 Å². The normalized spacial score (nSPS) is 12.3. The Morgan fingerprint density at radius 2 is 2.15 bits per heavy atom. The van der Waals surface area contributed by atoms with Crippen LogP contribution in [-0.2, 0) is 9.63 Å². The van der Waals surface area contributed by atoms with Gasteiger partial charge in [-0.25, -0.2) is 0 Å². The fourth-order valence-electron chi connectivity index (χ4n) is 1.36. The van der Waals surface area contributed by atoms with Crippen LogP contribution in [0.3, 0.4) is 0 Å². The van der Waals surface area contributed by atoms with Crippen LogP contribution < -0.4 is 5.32 Å². The SMILES string of the molecule is C[C@H](O/N=C\c1cccs1)C(=O)Nc1ccc(Br)cc1. The summed E-state index contributed by atoms with van der Waals surface area (Å²) in [6.07, 6.45) is 0.934. The molecule has 104 valence electrons. The van der Waals surface area contributed by atoms with Gasteiger partial charge < -0.3 is 10.2 Å². The van der Waals surface area contributed by atoms with Crippen molar-refractivity contribution in [3.8, 4) is 0 Å². The summed E-state index contributed by atoms with van der Waals surface area (Å²) in [7, 11) is 0. The van der Waals surface area contributed by atoms with Crippen LogP contribution in [0.5, 0.6) is 0 Å². The van der Waals surface area contributed by atoms with Crippen LogP contribution in [0.4, 0.5) is 5.69 Å². The standard InChI is InChI=1S/C14H13BrN2O2S/c1-10(19-16-9-13-3-2-8-20-13)14(18)17-12-6-4-11(15)5-7-12/h2-10H,1H3,(H,17,18)/b16-9-/t10-/m0/s1. The molecule has 2 aromatic rings. The number of nitrogens with zero attached hydrogens (tertiary/aromatic N) is 1. The zero-order chi connectivity index (χ0) is 14.4. The Morgan fingerprint density at radius 3 is 2.80 bits per heavy atom. The molecular weight excluding hydrogens is 340 g/mol. The fourth-order valence-corrected chi connectivity index (χ4v) is 2.20. The molecule has 1 atom stereocenters. The molecular formula is C14H13BrN2O2S. The van der Waals surface area contributed by atoms with E-state index in [0.717, 1.165) is 15.0 Å². The highest BCUT2D eigenvalue weighted by molar-refractivity contribution is 9.10. The summed E-state index contributed by atoms with van der Waals surface area (Å²) in [5.74, 6) is -0.240. The summed E-state index contributed by atoms with van der Waals surface area (Å²) < 4.78 is 0.959. The van der Waals surface area contributed by atoms with Crippen molar-refractivity contribution in [3.63, 3.8) is 0 Å². The van der Waals surface area contributed by atoms with Gasteiger partial charge in [-0.2, -0.15) is 0 Å². The second kappa shape index (κ2) is 7.21.